The Morgan fingerprint density at radius 3 is 2.67 bits per heavy atom. The van der Waals surface area contributed by atoms with Gasteiger partial charge in [-0.05, 0) is 31.3 Å². The van der Waals surface area contributed by atoms with Gasteiger partial charge in [-0.15, -0.1) is 0 Å². The van der Waals surface area contributed by atoms with Crippen LogP contribution in [0.15, 0.2) is 61.1 Å². The first kappa shape index (κ1) is 25.2. The van der Waals surface area contributed by atoms with E-state index in [1.165, 1.54) is 12.3 Å². The molecule has 11 heteroatoms. The van der Waals surface area contributed by atoms with Crippen molar-refractivity contribution >= 4 is 40.5 Å². The molecular weight excluding hydrogens is 487 g/mol. The number of nitrogens with one attached hydrogen (secondary N) is 2. The summed E-state index contributed by atoms with van der Waals surface area (Å²) < 4.78 is 24.4. The number of halogens is 2. The first-order valence-corrected chi connectivity index (χ1v) is 11.5. The molecule has 1 amide bonds. The van der Waals surface area contributed by atoms with Crippen LogP contribution in [0.25, 0.3) is 0 Å². The number of ether oxygens (including phenoxy) is 2. The van der Waals surface area contributed by atoms with Gasteiger partial charge in [0, 0.05) is 49.7 Å². The van der Waals surface area contributed by atoms with Gasteiger partial charge in [0.2, 0.25) is 11.8 Å². The number of anilines is 4. The molecule has 1 fully saturated rings. The maximum absolute atomic E-state index is 13.0. The molecule has 9 nitrogen and oxygen atoms in total. The van der Waals surface area contributed by atoms with Gasteiger partial charge in [-0.3, -0.25) is 4.79 Å². The number of likely N-dealkylation sites (N-methyl/N-ethyl adjacent to an activating group) is 1. The number of nitrogens with zero attached hydrogens (tertiary/aromatic N) is 4. The van der Waals surface area contributed by atoms with Gasteiger partial charge in [-0.2, -0.15) is 4.98 Å². The molecule has 0 bridgehead atoms. The maximum Gasteiger partial charge on any atom is 0.283 e. The third kappa shape index (κ3) is 6.21. The van der Waals surface area contributed by atoms with Crippen LogP contribution >= 0.6 is 11.6 Å². The van der Waals surface area contributed by atoms with E-state index < -0.39 is 11.7 Å². The minimum atomic E-state index is -1.09. The Morgan fingerprint density at radius 1 is 1.17 bits per heavy atom. The Morgan fingerprint density at radius 2 is 1.94 bits per heavy atom. The number of aromatic nitrogens is 2. The molecule has 0 aliphatic carbocycles. The van der Waals surface area contributed by atoms with Gasteiger partial charge >= 0.3 is 0 Å². The zero-order valence-electron chi connectivity index (χ0n) is 19.9. The molecule has 2 aromatic carbocycles. The van der Waals surface area contributed by atoms with Gasteiger partial charge in [0.05, 0.1) is 19.0 Å². The van der Waals surface area contributed by atoms with Crippen molar-refractivity contribution in [2.24, 2.45) is 0 Å². The third-order valence-electron chi connectivity index (χ3n) is 5.56. The molecule has 0 saturated carbocycles. The van der Waals surface area contributed by atoms with Gasteiger partial charge in [0.25, 0.3) is 5.91 Å². The van der Waals surface area contributed by atoms with Crippen LogP contribution in [0.5, 0.6) is 17.4 Å². The highest BCUT2D eigenvalue weighted by molar-refractivity contribution is 6.31. The molecule has 4 rings (SSSR count). The Bertz CT molecular complexity index is 1270. The lowest BCUT2D eigenvalue weighted by molar-refractivity contribution is -0.114. The highest BCUT2D eigenvalue weighted by atomic mass is 35.5. The number of carbonyl (C=O) groups is 1. The fourth-order valence-electron chi connectivity index (χ4n) is 3.60. The van der Waals surface area contributed by atoms with E-state index in [0.29, 0.717) is 22.9 Å². The number of hydrogen-bond acceptors (Lipinski definition) is 8. The Hall–Kier alpha value is -3.89. The van der Waals surface area contributed by atoms with Crippen molar-refractivity contribution in [1.29, 1.82) is 0 Å². The molecule has 3 aromatic rings. The van der Waals surface area contributed by atoms with E-state index >= 15 is 0 Å². The summed E-state index contributed by atoms with van der Waals surface area (Å²) in [5.74, 6) is -0.712. The molecule has 1 aliphatic heterocycles. The molecular formula is C25H26ClFN6O3. The largest absolute Gasteiger partial charge is 0.494 e. The van der Waals surface area contributed by atoms with Gasteiger partial charge in [-0.25, -0.2) is 9.37 Å². The minimum absolute atomic E-state index is 0.0977. The minimum Gasteiger partial charge on any atom is -0.494 e. The van der Waals surface area contributed by atoms with E-state index in [9.17, 15) is 9.18 Å². The van der Waals surface area contributed by atoms with Crippen LogP contribution in [0.3, 0.4) is 0 Å². The topological polar surface area (TPSA) is 91.8 Å². The van der Waals surface area contributed by atoms with E-state index in [2.05, 4.69) is 44.0 Å². The van der Waals surface area contributed by atoms with Gasteiger partial charge < -0.3 is 29.9 Å². The standard InChI is InChI=1S/C25H26ClFN6O3/c1-16(27)23(34)29-17-5-4-6-19(13-17)36-24-20(26)15-28-25(31-24)30-21-8-7-18(14-22(21)35-3)33-11-9-32(2)10-12-33/h4-8,13-15H,1,9-12H2,2-3H3,(H,29,34)(H,28,30,31). The van der Waals surface area contributed by atoms with Gasteiger partial charge in [-0.1, -0.05) is 24.2 Å². The Balaban J connectivity index is 1.50. The molecule has 188 valence electrons. The molecule has 2 N–H and O–H groups in total. The van der Waals surface area contributed by atoms with Crippen molar-refractivity contribution in [1.82, 2.24) is 14.9 Å². The zero-order valence-corrected chi connectivity index (χ0v) is 20.7. The monoisotopic (exact) mass is 512 g/mol. The average Bonchev–Trinajstić information content (AvgIpc) is 2.87. The number of benzene rings is 2. The highest BCUT2D eigenvalue weighted by Crippen LogP contribution is 2.34. The molecule has 36 heavy (non-hydrogen) atoms. The van der Waals surface area contributed by atoms with E-state index in [1.807, 2.05) is 18.2 Å². The van der Waals surface area contributed by atoms with Crippen LogP contribution in [-0.2, 0) is 4.79 Å². The number of piperazine rings is 1. The van der Waals surface area contributed by atoms with Crippen molar-refractivity contribution in [3.63, 3.8) is 0 Å². The van der Waals surface area contributed by atoms with Crippen LogP contribution in [0, 0.1) is 0 Å². The lowest BCUT2D eigenvalue weighted by Gasteiger charge is -2.34. The molecule has 1 aliphatic rings. The molecule has 1 aromatic heterocycles. The first-order valence-electron chi connectivity index (χ1n) is 11.2. The lowest BCUT2D eigenvalue weighted by atomic mass is 10.2. The van der Waals surface area contributed by atoms with E-state index in [4.69, 9.17) is 21.1 Å². The van der Waals surface area contributed by atoms with Crippen molar-refractivity contribution in [2.75, 3.05) is 55.9 Å². The summed E-state index contributed by atoms with van der Waals surface area (Å²) in [6, 6.07) is 12.3. The quantitative estimate of drug-likeness (QED) is 0.414. The summed E-state index contributed by atoms with van der Waals surface area (Å²) in [6.07, 6.45) is 1.41. The molecule has 0 radical (unpaired) electrons. The number of rotatable bonds is 8. The first-order chi connectivity index (χ1) is 17.3. The second kappa shape index (κ2) is 11.2. The molecule has 0 spiro atoms. The van der Waals surface area contributed by atoms with E-state index in [1.54, 1.807) is 25.3 Å². The van der Waals surface area contributed by atoms with Crippen LogP contribution in [0.1, 0.15) is 0 Å². The average molecular weight is 513 g/mol. The second-order valence-electron chi connectivity index (χ2n) is 8.14. The molecule has 0 unspecified atom stereocenters. The Kier molecular flexibility index (Phi) is 7.87. The summed E-state index contributed by atoms with van der Waals surface area (Å²) in [5.41, 5.74) is 2.08. The number of carbonyl (C=O) groups excluding carboxylic acids is 1. The van der Waals surface area contributed by atoms with Crippen LogP contribution in [0.2, 0.25) is 5.02 Å². The number of methoxy groups -OCH3 is 1. The van der Waals surface area contributed by atoms with Gasteiger partial charge in [0.1, 0.15) is 16.5 Å². The fraction of sp³-hybridized carbons (Fsp3) is 0.240. The maximum atomic E-state index is 13.0. The summed E-state index contributed by atoms with van der Waals surface area (Å²) in [5, 5.41) is 5.71. The zero-order chi connectivity index (χ0) is 25.7. The van der Waals surface area contributed by atoms with Crippen LogP contribution in [0.4, 0.5) is 27.4 Å². The van der Waals surface area contributed by atoms with Crippen molar-refractivity contribution < 1.29 is 18.7 Å². The molecule has 1 saturated heterocycles. The predicted octanol–water partition coefficient (Wildman–Crippen LogP) is 4.85. The van der Waals surface area contributed by atoms with E-state index in [-0.39, 0.29) is 16.9 Å². The van der Waals surface area contributed by atoms with E-state index in [0.717, 1.165) is 31.9 Å². The third-order valence-corrected chi connectivity index (χ3v) is 5.82. The summed E-state index contributed by atoms with van der Waals surface area (Å²) in [4.78, 5) is 24.8. The van der Waals surface area contributed by atoms with Crippen LogP contribution in [-0.4, -0.2) is 61.1 Å². The van der Waals surface area contributed by atoms with Gasteiger partial charge in [0.15, 0.2) is 5.83 Å². The molecule has 2 heterocycles. The summed E-state index contributed by atoms with van der Waals surface area (Å²) in [7, 11) is 3.73. The summed E-state index contributed by atoms with van der Waals surface area (Å²) in [6.45, 7) is 6.87. The second-order valence-corrected chi connectivity index (χ2v) is 8.54. The Labute approximate surface area is 213 Å². The summed E-state index contributed by atoms with van der Waals surface area (Å²) >= 11 is 6.25. The normalized spacial score (nSPS) is 13.7. The smallest absolute Gasteiger partial charge is 0.283 e. The van der Waals surface area contributed by atoms with Crippen molar-refractivity contribution in [3.8, 4) is 17.4 Å². The SMILES string of the molecule is C=C(F)C(=O)Nc1cccc(Oc2nc(Nc3ccc(N4CCN(C)CC4)cc3OC)ncc2Cl)c1. The fourth-order valence-corrected chi connectivity index (χ4v) is 3.73. The lowest BCUT2D eigenvalue weighted by Crippen LogP contribution is -2.44. The highest BCUT2D eigenvalue weighted by Gasteiger charge is 2.17. The van der Waals surface area contributed by atoms with Crippen molar-refractivity contribution in [2.45, 2.75) is 0 Å². The number of amides is 1. The van der Waals surface area contributed by atoms with Crippen LogP contribution < -0.4 is 25.0 Å². The predicted molar refractivity (Wildman–Crippen MR) is 138 cm³/mol. The van der Waals surface area contributed by atoms with Crippen molar-refractivity contribution in [3.05, 3.63) is 66.1 Å². The number of hydrogen-bond donors (Lipinski definition) is 2. The molecule has 0 atom stereocenters.